The lowest BCUT2D eigenvalue weighted by Crippen LogP contribution is -2.78. The third kappa shape index (κ3) is 2.49. The van der Waals surface area contributed by atoms with Gasteiger partial charge >= 0.3 is 6.09 Å². The van der Waals surface area contributed by atoms with E-state index in [1.807, 2.05) is 43.3 Å². The second-order valence-corrected chi connectivity index (χ2v) is 9.06. The molecular formula is C24H23NO4. The predicted octanol–water partition coefficient (Wildman–Crippen LogP) is 3.81. The Labute approximate surface area is 169 Å². The van der Waals surface area contributed by atoms with Crippen molar-refractivity contribution >= 4 is 17.7 Å². The number of hydrogen-bond acceptors (Lipinski definition) is 4. The molecule has 4 fully saturated rings. The van der Waals surface area contributed by atoms with Crippen LogP contribution < -0.4 is 10.1 Å². The molecule has 148 valence electrons. The molecule has 4 saturated carbocycles. The minimum atomic E-state index is -1.50. The van der Waals surface area contributed by atoms with Crippen LogP contribution in [0, 0.1) is 11.3 Å². The molecule has 1 amide bonds. The van der Waals surface area contributed by atoms with E-state index in [1.54, 1.807) is 24.3 Å². The molecule has 0 saturated heterocycles. The van der Waals surface area contributed by atoms with Gasteiger partial charge in [0.25, 0.3) is 0 Å². The zero-order chi connectivity index (χ0) is 20.3. The van der Waals surface area contributed by atoms with Crippen molar-refractivity contribution in [1.29, 1.82) is 0 Å². The van der Waals surface area contributed by atoms with Crippen LogP contribution >= 0.6 is 0 Å². The van der Waals surface area contributed by atoms with Gasteiger partial charge in [-0.1, -0.05) is 55.5 Å². The summed E-state index contributed by atoms with van der Waals surface area (Å²) in [7, 11) is 0. The molecule has 4 aliphatic rings. The number of Topliss-reactive ketones (excluding diaryl/α,β-unsaturated/α-hetero) is 2. The van der Waals surface area contributed by atoms with Crippen LogP contribution in [0.2, 0.25) is 0 Å². The normalized spacial score (nSPS) is 34.9. The Morgan fingerprint density at radius 3 is 2.28 bits per heavy atom. The molecule has 0 heterocycles. The highest BCUT2D eigenvalue weighted by atomic mass is 16.6. The molecule has 4 aliphatic carbocycles. The fourth-order valence-electron chi connectivity index (χ4n) is 6.22. The highest BCUT2D eigenvalue weighted by molar-refractivity contribution is 6.22. The van der Waals surface area contributed by atoms with Crippen molar-refractivity contribution in [2.75, 3.05) is 0 Å². The van der Waals surface area contributed by atoms with E-state index in [0.29, 0.717) is 18.6 Å². The highest BCUT2D eigenvalue weighted by Crippen LogP contribution is 2.63. The summed E-state index contributed by atoms with van der Waals surface area (Å²) in [4.78, 5) is 40.1. The van der Waals surface area contributed by atoms with E-state index >= 15 is 0 Å². The fraction of sp³-hybridized carbons (Fsp3) is 0.375. The number of amides is 1. The number of nitrogens with one attached hydrogen (secondary N) is 1. The van der Waals surface area contributed by atoms with Crippen LogP contribution in [0.3, 0.4) is 0 Å². The van der Waals surface area contributed by atoms with Crippen LogP contribution in [-0.2, 0) is 15.0 Å². The Morgan fingerprint density at radius 1 is 0.931 bits per heavy atom. The summed E-state index contributed by atoms with van der Waals surface area (Å²) in [6, 6.07) is 18.4. The summed E-state index contributed by atoms with van der Waals surface area (Å²) >= 11 is 0. The lowest BCUT2D eigenvalue weighted by molar-refractivity contribution is -0.169. The van der Waals surface area contributed by atoms with E-state index in [2.05, 4.69) is 5.32 Å². The standard InChI is InChI=1S/C24H23NO4/c1-22-12-16-13-23(15-22,17-8-4-2-5-9-17)20(27)24(14-16,19(22)26)25-21(28)29-18-10-6-3-7-11-18/h2-11,16H,12-15H2,1H3,(H,25,28). The van der Waals surface area contributed by atoms with E-state index in [-0.39, 0.29) is 17.5 Å². The third-order valence-corrected chi connectivity index (χ3v) is 7.02. The van der Waals surface area contributed by atoms with Gasteiger partial charge in [0.05, 0.1) is 5.41 Å². The molecule has 2 aromatic carbocycles. The number of carbonyl (C=O) groups excluding carboxylic acids is 3. The molecular weight excluding hydrogens is 366 g/mol. The van der Waals surface area contributed by atoms with Gasteiger partial charge < -0.3 is 10.1 Å². The van der Waals surface area contributed by atoms with Crippen LogP contribution in [0.25, 0.3) is 0 Å². The topological polar surface area (TPSA) is 72.5 Å². The Hall–Kier alpha value is -2.95. The van der Waals surface area contributed by atoms with E-state index < -0.39 is 22.5 Å². The van der Waals surface area contributed by atoms with Crippen molar-refractivity contribution < 1.29 is 19.1 Å². The Kier molecular flexibility index (Phi) is 3.76. The molecule has 4 unspecified atom stereocenters. The van der Waals surface area contributed by atoms with Crippen molar-refractivity contribution in [3.05, 3.63) is 66.2 Å². The van der Waals surface area contributed by atoms with Gasteiger partial charge in [-0.3, -0.25) is 9.59 Å². The quantitative estimate of drug-likeness (QED) is 0.810. The third-order valence-electron chi connectivity index (χ3n) is 7.02. The van der Waals surface area contributed by atoms with Crippen molar-refractivity contribution in [1.82, 2.24) is 5.32 Å². The summed E-state index contributed by atoms with van der Waals surface area (Å²) < 4.78 is 5.37. The smallest absolute Gasteiger partial charge is 0.410 e. The van der Waals surface area contributed by atoms with Crippen LogP contribution in [0.15, 0.2) is 60.7 Å². The molecule has 0 aromatic heterocycles. The van der Waals surface area contributed by atoms with Gasteiger partial charge in [-0.25, -0.2) is 4.79 Å². The second kappa shape index (κ2) is 6.02. The van der Waals surface area contributed by atoms with Crippen molar-refractivity contribution in [3.63, 3.8) is 0 Å². The van der Waals surface area contributed by atoms with E-state index in [0.717, 1.165) is 18.4 Å². The first-order chi connectivity index (χ1) is 13.9. The van der Waals surface area contributed by atoms with Crippen molar-refractivity contribution in [2.45, 2.75) is 43.6 Å². The van der Waals surface area contributed by atoms with Crippen LogP contribution in [0.1, 0.15) is 38.2 Å². The maximum absolute atomic E-state index is 13.9. The highest BCUT2D eigenvalue weighted by Gasteiger charge is 2.73. The second-order valence-electron chi connectivity index (χ2n) is 9.06. The molecule has 6 rings (SSSR count). The van der Waals surface area contributed by atoms with Crippen LogP contribution in [0.4, 0.5) is 4.79 Å². The molecule has 0 aliphatic heterocycles. The molecule has 0 radical (unpaired) electrons. The summed E-state index contributed by atoms with van der Waals surface area (Å²) in [5, 5.41) is 2.73. The Bertz CT molecular complexity index is 1000. The Morgan fingerprint density at radius 2 is 1.59 bits per heavy atom. The average Bonchev–Trinajstić information content (AvgIpc) is 2.71. The van der Waals surface area contributed by atoms with Gasteiger partial charge in [-0.15, -0.1) is 0 Å². The number of carbonyl (C=O) groups is 3. The zero-order valence-corrected chi connectivity index (χ0v) is 16.3. The summed E-state index contributed by atoms with van der Waals surface area (Å²) in [6.07, 6.45) is 1.61. The molecule has 0 spiro atoms. The number of ketones is 2. The van der Waals surface area contributed by atoms with Crippen molar-refractivity contribution in [3.8, 4) is 5.75 Å². The summed E-state index contributed by atoms with van der Waals surface area (Å²) in [6.45, 7) is 1.95. The number of hydrogen-bond donors (Lipinski definition) is 1. The summed E-state index contributed by atoms with van der Waals surface area (Å²) in [5.41, 5.74) is -1.91. The molecule has 4 bridgehead atoms. The number of rotatable bonds is 3. The van der Waals surface area contributed by atoms with E-state index in [9.17, 15) is 14.4 Å². The zero-order valence-electron chi connectivity index (χ0n) is 16.3. The minimum Gasteiger partial charge on any atom is -0.410 e. The molecule has 2 aromatic rings. The lowest BCUT2D eigenvalue weighted by Gasteiger charge is -2.63. The number of para-hydroxylation sites is 1. The van der Waals surface area contributed by atoms with Gasteiger partial charge in [-0.2, -0.15) is 0 Å². The first-order valence-corrected chi connectivity index (χ1v) is 10.1. The van der Waals surface area contributed by atoms with E-state index in [1.165, 1.54) is 0 Å². The van der Waals surface area contributed by atoms with E-state index in [4.69, 9.17) is 4.74 Å². The van der Waals surface area contributed by atoms with Crippen LogP contribution in [0.5, 0.6) is 5.75 Å². The lowest BCUT2D eigenvalue weighted by atomic mass is 9.40. The molecule has 29 heavy (non-hydrogen) atoms. The first kappa shape index (κ1) is 18.1. The van der Waals surface area contributed by atoms with Crippen molar-refractivity contribution in [2.24, 2.45) is 11.3 Å². The Balaban J connectivity index is 1.54. The maximum atomic E-state index is 13.9. The molecule has 5 heteroatoms. The van der Waals surface area contributed by atoms with Crippen LogP contribution in [-0.4, -0.2) is 23.2 Å². The van der Waals surface area contributed by atoms with Gasteiger partial charge in [0.1, 0.15) is 5.75 Å². The number of ether oxygens (including phenoxy) is 1. The van der Waals surface area contributed by atoms with Gasteiger partial charge in [0.2, 0.25) is 0 Å². The fourth-order valence-corrected chi connectivity index (χ4v) is 6.22. The van der Waals surface area contributed by atoms with Gasteiger partial charge in [-0.05, 0) is 49.3 Å². The van der Waals surface area contributed by atoms with Gasteiger partial charge in [0, 0.05) is 5.41 Å². The number of benzene rings is 2. The molecule has 5 nitrogen and oxygen atoms in total. The summed E-state index contributed by atoms with van der Waals surface area (Å²) in [5.74, 6) is 0.238. The van der Waals surface area contributed by atoms with Gasteiger partial charge in [0.15, 0.2) is 17.1 Å². The first-order valence-electron chi connectivity index (χ1n) is 10.1. The predicted molar refractivity (Wildman–Crippen MR) is 107 cm³/mol. The SMILES string of the molecule is CC12CC3CC(NC(=O)Oc4ccccc4)(C1=O)C(=O)C(c1ccccc1)(C3)C2. The largest absolute Gasteiger partial charge is 0.413 e. The molecule has 1 N–H and O–H groups in total. The molecule has 4 atom stereocenters. The monoisotopic (exact) mass is 389 g/mol. The maximum Gasteiger partial charge on any atom is 0.413 e. The average molecular weight is 389 g/mol. The minimum absolute atomic E-state index is 0.164.